The molecule has 1 aliphatic rings. The Morgan fingerprint density at radius 2 is 2.00 bits per heavy atom. The fourth-order valence-corrected chi connectivity index (χ4v) is 2.86. The number of hydrogen-bond donors (Lipinski definition) is 0. The Kier molecular flexibility index (Phi) is 4.23. The molecule has 98 valence electrons. The number of rotatable bonds is 4. The highest BCUT2D eigenvalue weighted by molar-refractivity contribution is 9.10. The van der Waals surface area contributed by atoms with Crippen LogP contribution in [0.2, 0.25) is 0 Å². The van der Waals surface area contributed by atoms with Gasteiger partial charge in [0.2, 0.25) is 0 Å². The zero-order valence-corrected chi connectivity index (χ0v) is 12.7. The third-order valence-electron chi connectivity index (χ3n) is 3.85. The van der Waals surface area contributed by atoms with E-state index in [1.165, 1.54) is 12.8 Å². The van der Waals surface area contributed by atoms with E-state index in [9.17, 15) is 4.79 Å². The van der Waals surface area contributed by atoms with E-state index in [-0.39, 0.29) is 11.3 Å². The van der Waals surface area contributed by atoms with Crippen LogP contribution >= 0.6 is 15.9 Å². The van der Waals surface area contributed by atoms with Gasteiger partial charge in [0.25, 0.3) is 0 Å². The minimum atomic E-state index is 0.241. The predicted molar refractivity (Wildman–Crippen MR) is 78.0 cm³/mol. The van der Waals surface area contributed by atoms with E-state index in [0.717, 1.165) is 23.1 Å². The minimum Gasteiger partial charge on any atom is -0.298 e. The molecule has 2 nitrogen and oxygen atoms in total. The van der Waals surface area contributed by atoms with Gasteiger partial charge in [-0.3, -0.25) is 9.69 Å². The summed E-state index contributed by atoms with van der Waals surface area (Å²) in [6.45, 7) is 6.54. The van der Waals surface area contributed by atoms with Crippen LogP contribution in [-0.4, -0.2) is 29.3 Å². The van der Waals surface area contributed by atoms with Crippen molar-refractivity contribution in [3.05, 3.63) is 34.3 Å². The van der Waals surface area contributed by atoms with Gasteiger partial charge in [0.1, 0.15) is 0 Å². The first-order valence-corrected chi connectivity index (χ1v) is 7.32. The molecule has 1 aromatic rings. The lowest BCUT2D eigenvalue weighted by Gasteiger charge is -2.31. The van der Waals surface area contributed by atoms with Crippen LogP contribution in [0.1, 0.15) is 43.5 Å². The molecule has 18 heavy (non-hydrogen) atoms. The first-order chi connectivity index (χ1) is 8.49. The molecule has 0 amide bonds. The largest absolute Gasteiger partial charge is 0.298 e. The summed E-state index contributed by atoms with van der Waals surface area (Å²) in [5.41, 5.74) is 1.08. The Labute approximate surface area is 117 Å². The van der Waals surface area contributed by atoms with Crippen LogP contribution in [0.3, 0.4) is 0 Å². The van der Waals surface area contributed by atoms with Crippen LogP contribution in [0.4, 0.5) is 0 Å². The molecule has 2 rings (SSSR count). The monoisotopic (exact) mass is 309 g/mol. The predicted octanol–water partition coefficient (Wildman–Crippen LogP) is 3.90. The first-order valence-electron chi connectivity index (χ1n) is 6.53. The maximum absolute atomic E-state index is 12.1. The Morgan fingerprint density at radius 1 is 1.33 bits per heavy atom. The lowest BCUT2D eigenvalue weighted by atomic mass is 10.0. The smallest absolute Gasteiger partial charge is 0.164 e. The zero-order valence-electron chi connectivity index (χ0n) is 11.1. The highest BCUT2D eigenvalue weighted by atomic mass is 79.9. The summed E-state index contributed by atoms with van der Waals surface area (Å²) in [4.78, 5) is 14.5. The number of Topliss-reactive ketones (excluding diaryl/α,β-unsaturated/α-hetero) is 1. The average Bonchev–Trinajstić information content (AvgIpc) is 2.66. The molecular weight excluding hydrogens is 290 g/mol. The number of carbonyl (C=O) groups is 1. The Balaban J connectivity index is 1.90. The Hall–Kier alpha value is -0.670. The number of carbonyl (C=O) groups excluding carboxylic acids is 1. The summed E-state index contributed by atoms with van der Waals surface area (Å²) >= 11 is 3.38. The van der Waals surface area contributed by atoms with Crippen LogP contribution < -0.4 is 0 Å². The highest BCUT2D eigenvalue weighted by Crippen LogP contribution is 2.28. The molecule has 1 saturated heterocycles. The van der Waals surface area contributed by atoms with Crippen LogP contribution in [-0.2, 0) is 0 Å². The van der Waals surface area contributed by atoms with Crippen LogP contribution in [0.15, 0.2) is 28.7 Å². The van der Waals surface area contributed by atoms with Gasteiger partial charge in [-0.1, -0.05) is 28.1 Å². The van der Waals surface area contributed by atoms with Gasteiger partial charge in [0, 0.05) is 28.5 Å². The zero-order chi connectivity index (χ0) is 13.2. The van der Waals surface area contributed by atoms with Gasteiger partial charge in [-0.05, 0) is 45.4 Å². The second-order valence-corrected chi connectivity index (χ2v) is 6.50. The maximum atomic E-state index is 12.1. The van der Waals surface area contributed by atoms with Crippen molar-refractivity contribution < 1.29 is 4.79 Å². The van der Waals surface area contributed by atoms with E-state index in [2.05, 4.69) is 34.7 Å². The third kappa shape index (κ3) is 3.21. The number of ketones is 1. The van der Waals surface area contributed by atoms with E-state index >= 15 is 0 Å². The van der Waals surface area contributed by atoms with Crippen LogP contribution in [0.25, 0.3) is 0 Å². The van der Waals surface area contributed by atoms with Crippen molar-refractivity contribution >= 4 is 21.7 Å². The van der Waals surface area contributed by atoms with Crippen LogP contribution in [0.5, 0.6) is 0 Å². The Morgan fingerprint density at radius 3 is 2.56 bits per heavy atom. The molecule has 0 N–H and O–H groups in total. The van der Waals surface area contributed by atoms with Gasteiger partial charge in [0.15, 0.2) is 5.78 Å². The average molecular weight is 310 g/mol. The van der Waals surface area contributed by atoms with Crippen molar-refractivity contribution in [1.29, 1.82) is 0 Å². The van der Waals surface area contributed by atoms with Crippen molar-refractivity contribution in [1.82, 2.24) is 4.90 Å². The summed E-state index contributed by atoms with van der Waals surface area (Å²) in [7, 11) is 0. The molecule has 1 aromatic carbocycles. The molecule has 0 bridgehead atoms. The number of likely N-dealkylation sites (tertiary alicyclic amines) is 1. The maximum Gasteiger partial charge on any atom is 0.164 e. The molecule has 0 unspecified atom stereocenters. The number of benzene rings is 1. The molecule has 0 aromatic heterocycles. The standard InChI is InChI=1S/C15H20BrNO/c1-15(2)9-3-10-17(15)11-8-14(18)12-4-6-13(16)7-5-12/h4-7H,3,8-11H2,1-2H3. The third-order valence-corrected chi connectivity index (χ3v) is 4.38. The molecule has 1 fully saturated rings. The van der Waals surface area contributed by atoms with E-state index in [0.29, 0.717) is 6.42 Å². The molecule has 0 spiro atoms. The number of hydrogen-bond acceptors (Lipinski definition) is 2. The number of nitrogens with zero attached hydrogens (tertiary/aromatic N) is 1. The van der Waals surface area contributed by atoms with E-state index in [1.807, 2.05) is 24.3 Å². The van der Waals surface area contributed by atoms with E-state index < -0.39 is 0 Å². The summed E-state index contributed by atoms with van der Waals surface area (Å²) in [6, 6.07) is 7.63. The van der Waals surface area contributed by atoms with Gasteiger partial charge < -0.3 is 0 Å². The topological polar surface area (TPSA) is 20.3 Å². The molecule has 1 heterocycles. The van der Waals surface area contributed by atoms with Crippen molar-refractivity contribution in [2.45, 2.75) is 38.6 Å². The summed E-state index contributed by atoms with van der Waals surface area (Å²) in [6.07, 6.45) is 3.10. The van der Waals surface area contributed by atoms with Crippen molar-refractivity contribution in [2.75, 3.05) is 13.1 Å². The minimum absolute atomic E-state index is 0.241. The molecule has 1 aliphatic heterocycles. The van der Waals surface area contributed by atoms with Gasteiger partial charge in [-0.2, -0.15) is 0 Å². The molecule has 0 atom stereocenters. The summed E-state index contributed by atoms with van der Waals surface area (Å²) in [5.74, 6) is 0.241. The first kappa shape index (κ1) is 13.8. The molecule has 0 saturated carbocycles. The van der Waals surface area contributed by atoms with E-state index in [1.54, 1.807) is 0 Å². The van der Waals surface area contributed by atoms with Gasteiger partial charge in [0.05, 0.1) is 0 Å². The second-order valence-electron chi connectivity index (χ2n) is 5.58. The molecule has 3 heteroatoms. The van der Waals surface area contributed by atoms with Crippen molar-refractivity contribution in [2.24, 2.45) is 0 Å². The van der Waals surface area contributed by atoms with E-state index in [4.69, 9.17) is 0 Å². The Bertz CT molecular complexity index is 425. The SMILES string of the molecule is CC1(C)CCCN1CCC(=O)c1ccc(Br)cc1. The van der Waals surface area contributed by atoms with Gasteiger partial charge >= 0.3 is 0 Å². The summed E-state index contributed by atoms with van der Waals surface area (Å²) < 4.78 is 1.01. The highest BCUT2D eigenvalue weighted by Gasteiger charge is 2.31. The van der Waals surface area contributed by atoms with Gasteiger partial charge in [-0.25, -0.2) is 0 Å². The van der Waals surface area contributed by atoms with Crippen LogP contribution in [0, 0.1) is 0 Å². The normalized spacial score (nSPS) is 19.1. The van der Waals surface area contributed by atoms with Crippen molar-refractivity contribution in [3.63, 3.8) is 0 Å². The lowest BCUT2D eigenvalue weighted by Crippen LogP contribution is -2.39. The fourth-order valence-electron chi connectivity index (χ4n) is 2.59. The second kappa shape index (κ2) is 5.54. The summed E-state index contributed by atoms with van der Waals surface area (Å²) in [5, 5.41) is 0. The van der Waals surface area contributed by atoms with Gasteiger partial charge in [-0.15, -0.1) is 0 Å². The lowest BCUT2D eigenvalue weighted by molar-refractivity contribution is 0.0942. The van der Waals surface area contributed by atoms with Crippen molar-refractivity contribution in [3.8, 4) is 0 Å². The molecular formula is C15H20BrNO. The molecule has 0 aliphatic carbocycles. The fraction of sp³-hybridized carbons (Fsp3) is 0.533. The molecule has 0 radical (unpaired) electrons. The quantitative estimate of drug-likeness (QED) is 0.786. The number of halogens is 1.